The number of rotatable bonds is 16. The van der Waals surface area contributed by atoms with E-state index in [1.807, 2.05) is 146 Å². The molecule has 0 spiro atoms. The fourth-order valence-corrected chi connectivity index (χ4v) is 8.78. The van der Waals surface area contributed by atoms with Crippen LogP contribution in [0.5, 0.6) is 0 Å². The second kappa shape index (κ2) is 30.9. The minimum Gasteiger partial charge on any atom is -1.00 e. The van der Waals surface area contributed by atoms with Crippen LogP contribution in [0.1, 0.15) is 34.2 Å². The molecule has 10 rings (SSSR count). The van der Waals surface area contributed by atoms with Gasteiger partial charge in [-0.15, -0.1) is 0 Å². The summed E-state index contributed by atoms with van der Waals surface area (Å²) in [5.74, 6) is 0. The number of aromatic nitrogens is 6. The summed E-state index contributed by atoms with van der Waals surface area (Å²) in [5, 5.41) is 0. The molecule has 6 heterocycles. The third-order valence-electron chi connectivity index (χ3n) is 11.9. The van der Waals surface area contributed by atoms with Crippen LogP contribution in [0.25, 0.3) is 0 Å². The van der Waals surface area contributed by atoms with E-state index in [-0.39, 0.29) is 51.1 Å². The molecule has 10 aromatic rings. The van der Waals surface area contributed by atoms with E-state index < -0.39 is 6.15 Å². The van der Waals surface area contributed by atoms with Crippen molar-refractivity contribution < 1.29 is 51.1 Å². The van der Waals surface area contributed by atoms with Gasteiger partial charge in [-0.25, -0.2) is 0 Å². The van der Waals surface area contributed by atoms with Gasteiger partial charge in [0.25, 0.3) is 0 Å². The number of nitrogens with zero attached hydrogens (tertiary/aromatic N) is 8. The van der Waals surface area contributed by atoms with Crippen LogP contribution in [0.3, 0.4) is 0 Å². The van der Waals surface area contributed by atoms with Gasteiger partial charge in [-0.1, -0.05) is 158 Å². The maximum absolute atomic E-state index is 4.42. The maximum atomic E-state index is 4.42. The van der Waals surface area contributed by atoms with Crippen LogP contribution >= 0.6 is 0 Å². The van der Waals surface area contributed by atoms with Crippen molar-refractivity contribution in [2.75, 3.05) is 0 Å². The van der Waals surface area contributed by atoms with E-state index in [1.54, 1.807) is 0 Å². The van der Waals surface area contributed by atoms with Gasteiger partial charge in [0.2, 0.25) is 0 Å². The Hall–Kier alpha value is -6.72. The molecule has 12 heteroatoms. The second-order valence-electron chi connectivity index (χ2n) is 16.7. The monoisotopic (exact) mass is 1100 g/mol. The minimum absolute atomic E-state index is 0. The third-order valence-corrected chi connectivity index (χ3v) is 11.9. The van der Waals surface area contributed by atoms with Gasteiger partial charge < -0.3 is 17.0 Å². The quantitative estimate of drug-likeness (QED) is 0.106. The first kappa shape index (κ1) is 56.2. The maximum Gasteiger partial charge on any atom is 1.00 e. The first-order valence-electron chi connectivity index (χ1n) is 23.4. The molecule has 0 saturated carbocycles. The Bertz CT molecular complexity index is 2450. The fraction of sp³-hybridized carbons (Fsp3) is 0.100. The Labute approximate surface area is 456 Å². The van der Waals surface area contributed by atoms with E-state index in [2.05, 4.69) is 161 Å². The van der Waals surface area contributed by atoms with E-state index in [0.29, 0.717) is 0 Å². The first-order chi connectivity index (χ1) is 34.2. The third kappa shape index (κ3) is 16.7. The molecular formula is C60H56BBrCu2N8. The average molecular weight is 1110 g/mol. The van der Waals surface area contributed by atoms with Gasteiger partial charge >= 0.3 is 34.1 Å². The number of pyridine rings is 6. The summed E-state index contributed by atoms with van der Waals surface area (Å²) in [7, 11) is 0. The molecule has 0 fully saturated rings. The molecular weight excluding hydrogens is 1050 g/mol. The number of hydrogen-bond donors (Lipinski definition) is 0. The predicted molar refractivity (Wildman–Crippen MR) is 281 cm³/mol. The molecule has 6 aromatic heterocycles. The smallest absolute Gasteiger partial charge is 1.00 e. The summed E-state index contributed by atoms with van der Waals surface area (Å²) in [4.78, 5) is 31.1. The van der Waals surface area contributed by atoms with E-state index in [9.17, 15) is 0 Å². The van der Waals surface area contributed by atoms with Crippen LogP contribution in [-0.4, -0.2) is 45.8 Å². The molecule has 72 heavy (non-hydrogen) atoms. The van der Waals surface area contributed by atoms with E-state index in [0.717, 1.165) is 73.4 Å². The van der Waals surface area contributed by atoms with Crippen molar-refractivity contribution in [3.05, 3.63) is 302 Å². The Morgan fingerprint density at radius 3 is 0.556 bits per heavy atom. The zero-order chi connectivity index (χ0) is 47.0. The van der Waals surface area contributed by atoms with Crippen molar-refractivity contribution in [1.82, 2.24) is 39.7 Å². The molecule has 0 aliphatic carbocycles. The summed E-state index contributed by atoms with van der Waals surface area (Å²) < 4.78 is 0. The van der Waals surface area contributed by atoms with Crippen LogP contribution in [0, 0.1) is 0 Å². The zero-order valence-electron chi connectivity index (χ0n) is 39.8. The van der Waals surface area contributed by atoms with Gasteiger partial charge in [0.05, 0.1) is 34.2 Å². The average Bonchev–Trinajstić information content (AvgIpc) is 3.42. The number of halogens is 1. The van der Waals surface area contributed by atoms with Crippen LogP contribution in [0.15, 0.2) is 268 Å². The first-order valence-corrected chi connectivity index (χ1v) is 23.4. The molecule has 0 bridgehead atoms. The van der Waals surface area contributed by atoms with Crippen molar-refractivity contribution in [1.29, 1.82) is 0 Å². The molecule has 0 unspecified atom stereocenters. The standard InChI is InChI=1S/C24H20B.2C18H18N4.BrH.2Cu/c1-5-13-21(14-6-1)25(22-15-7-2-8-16-22,23-17-9-3-10-18-23)24-19-11-4-12-20-24;2*1-4-10-19-16(7-1)13-22(14-17-8-2-5-11-20-17)15-18-9-3-6-12-21-18;;;/h1-20H;2*1-12H,13-15H2;1H;;/q-1;;;;2*+1/p-1. The van der Waals surface area contributed by atoms with E-state index >= 15 is 0 Å². The zero-order valence-corrected chi connectivity index (χ0v) is 43.3. The molecule has 0 aliphatic heterocycles. The molecule has 4 aromatic carbocycles. The van der Waals surface area contributed by atoms with Gasteiger partial charge in [0.1, 0.15) is 6.15 Å². The normalized spacial score (nSPS) is 10.5. The van der Waals surface area contributed by atoms with Gasteiger partial charge in [0.15, 0.2) is 0 Å². The molecule has 0 atom stereocenters. The Kier molecular flexibility index (Phi) is 24.1. The SMILES string of the molecule is [Br-].[Cu+].[Cu+].c1ccc(CN(Cc2ccccn2)Cc2ccccn2)nc1.c1ccc(CN(Cc2ccccn2)Cc2ccccn2)nc1.c1ccc([B-](c2ccccc2)(c2ccccc2)c2ccccc2)cc1. The topological polar surface area (TPSA) is 83.8 Å². The van der Waals surface area contributed by atoms with E-state index in [1.165, 1.54) is 21.9 Å². The molecule has 0 saturated heterocycles. The molecule has 0 N–H and O–H groups in total. The molecule has 0 radical (unpaired) electrons. The number of benzene rings is 4. The fourth-order valence-electron chi connectivity index (χ4n) is 8.78. The minimum atomic E-state index is -1.22. The van der Waals surface area contributed by atoms with Crippen LogP contribution in [-0.2, 0) is 73.4 Å². The molecule has 368 valence electrons. The van der Waals surface area contributed by atoms with Gasteiger partial charge in [-0.2, -0.15) is 21.9 Å². The van der Waals surface area contributed by atoms with Crippen molar-refractivity contribution in [2.45, 2.75) is 39.3 Å². The molecule has 0 amide bonds. The van der Waals surface area contributed by atoms with Gasteiger partial charge in [0, 0.05) is 76.4 Å². The van der Waals surface area contributed by atoms with Crippen molar-refractivity contribution in [3.8, 4) is 0 Å². The molecule has 0 aliphatic rings. The van der Waals surface area contributed by atoms with Crippen molar-refractivity contribution in [3.63, 3.8) is 0 Å². The Morgan fingerprint density at radius 2 is 0.403 bits per heavy atom. The summed E-state index contributed by atoms with van der Waals surface area (Å²) in [5.41, 5.74) is 11.7. The van der Waals surface area contributed by atoms with E-state index in [4.69, 9.17) is 0 Å². The van der Waals surface area contributed by atoms with Crippen molar-refractivity contribution >= 4 is 28.0 Å². The van der Waals surface area contributed by atoms with Crippen LogP contribution in [0.4, 0.5) is 0 Å². The Balaban J connectivity index is 0.000000197. The molecule has 8 nitrogen and oxygen atoms in total. The van der Waals surface area contributed by atoms with Gasteiger partial charge in [-0.3, -0.25) is 39.7 Å². The predicted octanol–water partition coefficient (Wildman–Crippen LogP) is 6.21. The summed E-state index contributed by atoms with van der Waals surface area (Å²) in [6, 6.07) is 79.5. The summed E-state index contributed by atoms with van der Waals surface area (Å²) >= 11 is 0. The second-order valence-corrected chi connectivity index (χ2v) is 16.7. The summed E-state index contributed by atoms with van der Waals surface area (Å²) in [6.07, 6.45) is 9.75. The van der Waals surface area contributed by atoms with Crippen LogP contribution in [0.2, 0.25) is 0 Å². The number of hydrogen-bond acceptors (Lipinski definition) is 8. The van der Waals surface area contributed by atoms with Crippen molar-refractivity contribution in [2.24, 2.45) is 0 Å². The Morgan fingerprint density at radius 1 is 0.236 bits per heavy atom. The largest absolute Gasteiger partial charge is 1.00 e. The van der Waals surface area contributed by atoms with Gasteiger partial charge in [-0.05, 0) is 72.8 Å². The van der Waals surface area contributed by atoms with Crippen LogP contribution < -0.4 is 38.8 Å². The summed E-state index contributed by atoms with van der Waals surface area (Å²) in [6.45, 7) is 4.63.